The van der Waals surface area contributed by atoms with Crippen molar-refractivity contribution in [2.24, 2.45) is 11.8 Å². The van der Waals surface area contributed by atoms with Crippen molar-refractivity contribution in [1.82, 2.24) is 5.32 Å². The number of carbonyl (C=O) groups is 2. The fourth-order valence-electron chi connectivity index (χ4n) is 1.66. The lowest BCUT2D eigenvalue weighted by Crippen LogP contribution is -2.28. The van der Waals surface area contributed by atoms with Crippen LogP contribution in [-0.2, 0) is 19.1 Å². The Labute approximate surface area is 87.5 Å². The van der Waals surface area contributed by atoms with Gasteiger partial charge in [0, 0.05) is 12.5 Å². The highest BCUT2D eigenvalue weighted by Gasteiger charge is 2.35. The lowest BCUT2D eigenvalue weighted by atomic mass is 9.91. The van der Waals surface area contributed by atoms with Crippen molar-refractivity contribution in [2.75, 3.05) is 13.2 Å². The second-order valence-electron chi connectivity index (χ2n) is 3.25. The molecule has 0 radical (unpaired) electrons. The van der Waals surface area contributed by atoms with E-state index >= 15 is 0 Å². The highest BCUT2D eigenvalue weighted by molar-refractivity contribution is 5.89. The van der Waals surface area contributed by atoms with Gasteiger partial charge in [0.1, 0.15) is 23.8 Å². The molecule has 1 aliphatic heterocycles. The summed E-state index contributed by atoms with van der Waals surface area (Å²) in [5.74, 6) is -0.156. The minimum absolute atomic E-state index is 0.226. The van der Waals surface area contributed by atoms with E-state index in [-0.39, 0.29) is 6.61 Å². The van der Waals surface area contributed by atoms with E-state index in [9.17, 15) is 14.4 Å². The Kier molecular flexibility index (Phi) is 4.06. The average Bonchev–Trinajstić information content (AvgIpc) is 2.67. The van der Waals surface area contributed by atoms with Crippen LogP contribution in [0.15, 0.2) is 5.70 Å². The molecule has 5 nitrogen and oxygen atoms in total. The molecule has 1 fully saturated rings. The van der Waals surface area contributed by atoms with Crippen molar-refractivity contribution in [1.29, 1.82) is 0 Å². The van der Waals surface area contributed by atoms with Crippen molar-refractivity contribution in [3.05, 3.63) is 5.70 Å². The predicted molar refractivity (Wildman–Crippen MR) is 51.5 cm³/mol. The number of aldehydes is 1. The molecule has 1 rings (SSSR count). The highest BCUT2D eigenvalue weighted by Crippen LogP contribution is 2.25. The molecule has 1 heterocycles. The zero-order valence-electron chi connectivity index (χ0n) is 8.49. The van der Waals surface area contributed by atoms with Crippen LogP contribution >= 0.6 is 0 Å². The molecule has 2 unspecified atom stereocenters. The average molecular weight is 211 g/mol. The molecular weight excluding hydrogens is 198 g/mol. The second-order valence-corrected chi connectivity index (χ2v) is 3.25. The predicted octanol–water partition coefficient (Wildman–Crippen LogP) is -0.310. The van der Waals surface area contributed by atoms with E-state index in [1.54, 1.807) is 12.9 Å². The molecule has 2 atom stereocenters. The molecule has 1 N–H and O–H groups in total. The first-order valence-electron chi connectivity index (χ1n) is 4.85. The van der Waals surface area contributed by atoms with Gasteiger partial charge in [0.2, 0.25) is 0 Å². The molecule has 0 saturated carbocycles. The van der Waals surface area contributed by atoms with Gasteiger partial charge in [0.25, 0.3) is 0 Å². The van der Waals surface area contributed by atoms with E-state index in [1.807, 2.05) is 0 Å². The van der Waals surface area contributed by atoms with Gasteiger partial charge in [0.15, 0.2) is 0 Å². The van der Waals surface area contributed by atoms with Crippen molar-refractivity contribution < 1.29 is 19.1 Å². The minimum Gasteiger partial charge on any atom is -0.465 e. The molecule has 0 amide bonds. The standard InChI is InChI=1S/C10H13NO4/c1-2-15-10(14)8(5-12)7-3-4-11-9(7)6-13/h5,7-8,11H,2-4H2,1H3. The quantitative estimate of drug-likeness (QED) is 0.299. The Balaban J connectivity index is 2.78. The van der Waals surface area contributed by atoms with Gasteiger partial charge < -0.3 is 14.8 Å². The molecule has 1 aliphatic rings. The molecule has 0 aromatic heterocycles. The third-order valence-corrected chi connectivity index (χ3v) is 2.39. The maximum Gasteiger partial charge on any atom is 0.316 e. The van der Waals surface area contributed by atoms with Crippen molar-refractivity contribution in [3.8, 4) is 0 Å². The third kappa shape index (κ3) is 2.44. The fraction of sp³-hybridized carbons (Fsp3) is 0.600. The molecule has 82 valence electrons. The first-order valence-corrected chi connectivity index (χ1v) is 4.85. The number of hydrogen-bond acceptors (Lipinski definition) is 5. The summed E-state index contributed by atoms with van der Waals surface area (Å²) in [4.78, 5) is 32.7. The largest absolute Gasteiger partial charge is 0.465 e. The molecule has 0 aromatic carbocycles. The van der Waals surface area contributed by atoms with Crippen LogP contribution in [0.25, 0.3) is 0 Å². The molecular formula is C10H13NO4. The Morgan fingerprint density at radius 2 is 2.53 bits per heavy atom. The molecule has 0 bridgehead atoms. The van der Waals surface area contributed by atoms with Crippen LogP contribution in [0.2, 0.25) is 0 Å². The zero-order valence-corrected chi connectivity index (χ0v) is 8.49. The SMILES string of the molecule is CCOC(=O)C(C=O)C1CCNC1=C=O. The van der Waals surface area contributed by atoms with E-state index in [0.29, 0.717) is 24.9 Å². The number of rotatable bonds is 4. The van der Waals surface area contributed by atoms with Crippen LogP contribution in [0, 0.1) is 11.8 Å². The van der Waals surface area contributed by atoms with Gasteiger partial charge in [-0.05, 0) is 13.3 Å². The second kappa shape index (κ2) is 5.32. The number of carbonyl (C=O) groups excluding carboxylic acids is 3. The van der Waals surface area contributed by atoms with Gasteiger partial charge >= 0.3 is 5.97 Å². The van der Waals surface area contributed by atoms with Crippen LogP contribution < -0.4 is 5.32 Å². The van der Waals surface area contributed by atoms with Crippen LogP contribution in [0.5, 0.6) is 0 Å². The van der Waals surface area contributed by atoms with Crippen molar-refractivity contribution >= 4 is 18.2 Å². The fourth-order valence-corrected chi connectivity index (χ4v) is 1.66. The first-order chi connectivity index (χ1) is 7.24. The number of hydrogen-bond donors (Lipinski definition) is 1. The van der Waals surface area contributed by atoms with Crippen molar-refractivity contribution in [2.45, 2.75) is 13.3 Å². The maximum absolute atomic E-state index is 11.4. The number of esters is 1. The van der Waals surface area contributed by atoms with Crippen LogP contribution in [-0.4, -0.2) is 31.3 Å². The summed E-state index contributed by atoms with van der Waals surface area (Å²) in [7, 11) is 0. The van der Waals surface area contributed by atoms with E-state index in [4.69, 9.17) is 4.74 Å². The number of ether oxygens (including phenoxy) is 1. The van der Waals surface area contributed by atoms with Crippen LogP contribution in [0.1, 0.15) is 13.3 Å². The van der Waals surface area contributed by atoms with Crippen LogP contribution in [0.3, 0.4) is 0 Å². The summed E-state index contributed by atoms with van der Waals surface area (Å²) in [5, 5.41) is 2.79. The third-order valence-electron chi connectivity index (χ3n) is 2.39. The lowest BCUT2D eigenvalue weighted by Gasteiger charge is -2.14. The van der Waals surface area contributed by atoms with Crippen LogP contribution in [0.4, 0.5) is 0 Å². The molecule has 5 heteroatoms. The summed E-state index contributed by atoms with van der Waals surface area (Å²) in [6, 6.07) is 0. The van der Waals surface area contributed by atoms with E-state index in [0.717, 1.165) is 0 Å². The molecule has 0 aromatic rings. The number of nitrogens with one attached hydrogen (secondary N) is 1. The minimum atomic E-state index is -0.892. The summed E-state index contributed by atoms with van der Waals surface area (Å²) >= 11 is 0. The first kappa shape index (κ1) is 11.5. The molecule has 15 heavy (non-hydrogen) atoms. The Bertz CT molecular complexity index is 307. The normalized spacial score (nSPS) is 21.4. The Morgan fingerprint density at radius 1 is 1.80 bits per heavy atom. The van der Waals surface area contributed by atoms with Gasteiger partial charge in [-0.1, -0.05) is 0 Å². The Morgan fingerprint density at radius 3 is 3.07 bits per heavy atom. The highest BCUT2D eigenvalue weighted by atomic mass is 16.5. The summed E-state index contributed by atoms with van der Waals surface area (Å²) in [5.41, 5.74) is 0.292. The maximum atomic E-state index is 11.4. The molecule has 0 spiro atoms. The summed E-state index contributed by atoms with van der Waals surface area (Å²) in [6.45, 7) is 2.48. The van der Waals surface area contributed by atoms with E-state index < -0.39 is 17.8 Å². The van der Waals surface area contributed by atoms with Gasteiger partial charge in [0.05, 0.1) is 6.61 Å². The zero-order chi connectivity index (χ0) is 11.3. The smallest absolute Gasteiger partial charge is 0.316 e. The monoisotopic (exact) mass is 211 g/mol. The van der Waals surface area contributed by atoms with Gasteiger partial charge in [-0.25, -0.2) is 4.79 Å². The van der Waals surface area contributed by atoms with Gasteiger partial charge in [-0.2, -0.15) is 0 Å². The Hall–Kier alpha value is -1.61. The summed E-state index contributed by atoms with van der Waals surface area (Å²) in [6.07, 6.45) is 1.11. The topological polar surface area (TPSA) is 72.5 Å². The van der Waals surface area contributed by atoms with Gasteiger partial charge in [-0.3, -0.25) is 4.79 Å². The molecule has 1 saturated heterocycles. The number of allylic oxidation sites excluding steroid dienone is 1. The van der Waals surface area contributed by atoms with Gasteiger partial charge in [-0.15, -0.1) is 0 Å². The lowest BCUT2D eigenvalue weighted by molar-refractivity contribution is -0.150. The van der Waals surface area contributed by atoms with E-state index in [1.165, 1.54) is 0 Å². The molecule has 0 aliphatic carbocycles. The van der Waals surface area contributed by atoms with Crippen molar-refractivity contribution in [3.63, 3.8) is 0 Å². The summed E-state index contributed by atoms with van der Waals surface area (Å²) < 4.78 is 4.76. The van der Waals surface area contributed by atoms with E-state index in [2.05, 4.69) is 5.32 Å².